The van der Waals surface area contributed by atoms with E-state index in [-0.39, 0.29) is 0 Å². The van der Waals surface area contributed by atoms with Crippen LogP contribution in [0.2, 0.25) is 0 Å². The van der Waals surface area contributed by atoms with Gasteiger partial charge < -0.3 is 13.7 Å². The smallest absolute Gasteiger partial charge is 0.160 e. The van der Waals surface area contributed by atoms with Gasteiger partial charge in [-0.05, 0) is 91.4 Å². The second kappa shape index (κ2) is 19.0. The van der Waals surface area contributed by atoms with E-state index in [1.165, 1.54) is 21.5 Å². The second-order valence-corrected chi connectivity index (χ2v) is 19.7. The Bertz CT molecular complexity index is 4560. The number of allylic oxidation sites excluding steroid dienone is 5. The van der Waals surface area contributed by atoms with Crippen LogP contribution in [0.1, 0.15) is 18.2 Å². The molecule has 6 nitrogen and oxygen atoms in total. The van der Waals surface area contributed by atoms with E-state index < -0.39 is 0 Å². The summed E-state index contributed by atoms with van der Waals surface area (Å²) in [6.45, 7) is 6.01. The lowest BCUT2D eigenvalue weighted by Crippen LogP contribution is -2.06. The summed E-state index contributed by atoms with van der Waals surface area (Å²) in [5, 5.41) is 17.2. The molecule has 0 N–H and O–H groups in total. The summed E-state index contributed by atoms with van der Waals surface area (Å²) < 4.78 is 7.29. The van der Waals surface area contributed by atoms with E-state index in [0.717, 1.165) is 111 Å². The van der Waals surface area contributed by atoms with Crippen LogP contribution in [0.25, 0.3) is 133 Å². The number of hydrogen-bond acceptors (Lipinski definition) is 3. The number of nitrogens with zero attached hydrogens (tertiary/aromatic N) is 6. The SMILES string of the molecule is C=C/C=C\C=C(/C)c1cc(-c2cc(-c3ccccc3-n3c4ccccc4c4ccccc43)c(-n3c4ccccc4c4cc(C#N)ccc43)c(-c3ccccc3-n3c4ccccc4c4ccccc43)c2)nc(-c2ccccc2)n1. The predicted octanol–water partition coefficient (Wildman–Crippen LogP) is 18.5. The summed E-state index contributed by atoms with van der Waals surface area (Å²) in [5.74, 6) is 0.628. The average molecular weight is 997 g/mol. The molecule has 0 radical (unpaired) electrons. The molecule has 0 fully saturated rings. The molecule has 0 saturated carbocycles. The van der Waals surface area contributed by atoms with Crippen molar-refractivity contribution in [1.82, 2.24) is 23.7 Å². The third kappa shape index (κ3) is 7.48. The first kappa shape index (κ1) is 46.0. The molecule has 6 heteroatoms. The largest absolute Gasteiger partial charge is 0.309 e. The summed E-state index contributed by atoms with van der Waals surface area (Å²) in [7, 11) is 0. The van der Waals surface area contributed by atoms with Crippen molar-refractivity contribution in [3.8, 4) is 68.0 Å². The average Bonchev–Trinajstić information content (AvgIpc) is 4.28. The fourth-order valence-corrected chi connectivity index (χ4v) is 11.8. The third-order valence-corrected chi connectivity index (χ3v) is 15.2. The van der Waals surface area contributed by atoms with E-state index in [2.05, 4.69) is 246 Å². The number of hydrogen-bond donors (Lipinski definition) is 0. The highest BCUT2D eigenvalue weighted by Crippen LogP contribution is 2.48. The van der Waals surface area contributed by atoms with Gasteiger partial charge in [0.2, 0.25) is 0 Å². The quantitative estimate of drug-likeness (QED) is 0.128. The van der Waals surface area contributed by atoms with Crippen LogP contribution in [0.3, 0.4) is 0 Å². The Kier molecular flexibility index (Phi) is 11.2. The maximum Gasteiger partial charge on any atom is 0.160 e. The third-order valence-electron chi connectivity index (χ3n) is 15.2. The first-order valence-electron chi connectivity index (χ1n) is 26.2. The van der Waals surface area contributed by atoms with Gasteiger partial charge in [0.1, 0.15) is 0 Å². The van der Waals surface area contributed by atoms with Crippen molar-refractivity contribution in [3.63, 3.8) is 0 Å². The Morgan fingerprint density at radius 3 is 1.38 bits per heavy atom. The molecule has 0 aliphatic rings. The lowest BCUT2D eigenvalue weighted by atomic mass is 9.90. The molecular formula is C72H48N6. The van der Waals surface area contributed by atoms with E-state index in [4.69, 9.17) is 9.97 Å². The fourth-order valence-electron chi connectivity index (χ4n) is 11.8. The molecule has 0 saturated heterocycles. The lowest BCUT2D eigenvalue weighted by Gasteiger charge is -2.24. The number of para-hydroxylation sites is 7. The van der Waals surface area contributed by atoms with Gasteiger partial charge in [0.05, 0.1) is 73.2 Å². The van der Waals surface area contributed by atoms with Gasteiger partial charge in [0.15, 0.2) is 5.82 Å². The maximum atomic E-state index is 10.4. The van der Waals surface area contributed by atoms with Gasteiger partial charge in [-0.25, -0.2) is 9.97 Å². The van der Waals surface area contributed by atoms with Crippen molar-refractivity contribution in [2.75, 3.05) is 0 Å². The van der Waals surface area contributed by atoms with Crippen LogP contribution in [0, 0.1) is 11.3 Å². The standard InChI is InChI=1S/C72H48N6/c1-3-4-6-23-47(2)61-45-62(75-72(74-61)49-24-7-5-8-25-49)50-43-59(56-31-14-20-37-67(56)76-63-33-16-9-26-51(63)52-27-10-17-34-64(52)76)71(78-69-39-22-13-30-55(69)58-42-48(46-73)40-41-70(58)78)60(44-50)57-32-15-21-38-68(57)77-65-35-18-11-28-53(65)54-29-12-19-36-66(54)77/h3-45H,1H2,2H3/b6-4-,47-23+. The van der Waals surface area contributed by atoms with Gasteiger partial charge in [-0.15, -0.1) is 0 Å². The molecular weight excluding hydrogens is 949 g/mol. The maximum absolute atomic E-state index is 10.4. The van der Waals surface area contributed by atoms with Crippen LogP contribution >= 0.6 is 0 Å². The first-order chi connectivity index (χ1) is 38.6. The molecule has 4 heterocycles. The predicted molar refractivity (Wildman–Crippen MR) is 324 cm³/mol. The molecule has 14 aromatic rings. The Labute approximate surface area is 451 Å². The Hall–Kier alpha value is -10.6. The summed E-state index contributed by atoms with van der Waals surface area (Å²) >= 11 is 0. The van der Waals surface area contributed by atoms with Gasteiger partial charge in [0.25, 0.3) is 0 Å². The van der Waals surface area contributed by atoms with Crippen LogP contribution < -0.4 is 0 Å². The lowest BCUT2D eigenvalue weighted by molar-refractivity contribution is 1.14. The van der Waals surface area contributed by atoms with Crippen molar-refractivity contribution in [2.45, 2.75) is 6.92 Å². The van der Waals surface area contributed by atoms with E-state index in [1.807, 2.05) is 42.5 Å². The first-order valence-corrected chi connectivity index (χ1v) is 26.2. The fraction of sp³-hybridized carbons (Fsp3) is 0.0139. The van der Waals surface area contributed by atoms with Crippen molar-refractivity contribution in [1.29, 1.82) is 5.26 Å². The molecule has 0 aliphatic heterocycles. The normalized spacial score (nSPS) is 12.0. The van der Waals surface area contributed by atoms with Crippen LogP contribution in [0.5, 0.6) is 0 Å². The van der Waals surface area contributed by atoms with Crippen molar-refractivity contribution in [2.24, 2.45) is 0 Å². The van der Waals surface area contributed by atoms with Gasteiger partial charge in [-0.2, -0.15) is 5.26 Å². The minimum Gasteiger partial charge on any atom is -0.309 e. The van der Waals surface area contributed by atoms with Crippen LogP contribution in [-0.4, -0.2) is 23.7 Å². The number of fused-ring (bicyclic) bond motifs is 9. The molecule has 366 valence electrons. The van der Waals surface area contributed by atoms with E-state index in [0.29, 0.717) is 11.4 Å². The van der Waals surface area contributed by atoms with Gasteiger partial charge in [-0.3, -0.25) is 0 Å². The zero-order valence-corrected chi connectivity index (χ0v) is 42.7. The molecule has 0 spiro atoms. The molecule has 0 unspecified atom stereocenters. The Morgan fingerprint density at radius 2 is 0.872 bits per heavy atom. The van der Waals surface area contributed by atoms with E-state index in [9.17, 15) is 5.26 Å². The molecule has 0 aliphatic carbocycles. The monoisotopic (exact) mass is 996 g/mol. The highest BCUT2D eigenvalue weighted by atomic mass is 15.0. The molecule has 0 amide bonds. The molecule has 4 aromatic heterocycles. The molecule has 0 atom stereocenters. The molecule has 0 bridgehead atoms. The van der Waals surface area contributed by atoms with Gasteiger partial charge in [0, 0.05) is 65.7 Å². The van der Waals surface area contributed by atoms with Crippen LogP contribution in [0.4, 0.5) is 0 Å². The Morgan fingerprint density at radius 1 is 0.423 bits per heavy atom. The number of benzene rings is 10. The summed E-state index contributed by atoms with van der Waals surface area (Å²) in [5.41, 5.74) is 18.6. The number of nitriles is 1. The van der Waals surface area contributed by atoms with Gasteiger partial charge in [-0.1, -0.05) is 189 Å². The number of aromatic nitrogens is 5. The van der Waals surface area contributed by atoms with E-state index >= 15 is 0 Å². The van der Waals surface area contributed by atoms with Crippen molar-refractivity contribution in [3.05, 3.63) is 279 Å². The highest BCUT2D eigenvalue weighted by Gasteiger charge is 2.27. The number of rotatable bonds is 10. The van der Waals surface area contributed by atoms with E-state index in [1.54, 1.807) is 6.08 Å². The highest BCUT2D eigenvalue weighted by molar-refractivity contribution is 6.14. The van der Waals surface area contributed by atoms with Gasteiger partial charge >= 0.3 is 0 Å². The summed E-state index contributed by atoms with van der Waals surface area (Å²) in [6, 6.07) is 86.6. The summed E-state index contributed by atoms with van der Waals surface area (Å²) in [6.07, 6.45) is 7.79. The zero-order chi connectivity index (χ0) is 52.3. The summed E-state index contributed by atoms with van der Waals surface area (Å²) in [4.78, 5) is 10.8. The topological polar surface area (TPSA) is 64.4 Å². The molecule has 14 rings (SSSR count). The van der Waals surface area contributed by atoms with Crippen molar-refractivity contribution < 1.29 is 0 Å². The van der Waals surface area contributed by atoms with Crippen LogP contribution in [0.15, 0.2) is 267 Å². The Balaban J connectivity index is 1.18. The molecule has 10 aromatic carbocycles. The van der Waals surface area contributed by atoms with Crippen LogP contribution in [-0.2, 0) is 0 Å². The zero-order valence-electron chi connectivity index (χ0n) is 42.7. The minimum atomic E-state index is 0.604. The minimum absolute atomic E-state index is 0.604. The molecule has 78 heavy (non-hydrogen) atoms. The second-order valence-electron chi connectivity index (χ2n) is 19.7. The van der Waals surface area contributed by atoms with Crippen molar-refractivity contribution >= 4 is 71.0 Å².